The van der Waals surface area contributed by atoms with E-state index in [1.807, 2.05) is 13.0 Å². The van der Waals surface area contributed by atoms with E-state index in [0.29, 0.717) is 22.8 Å². The molecule has 0 unspecified atom stereocenters. The molecule has 2 aromatic carbocycles. The van der Waals surface area contributed by atoms with Gasteiger partial charge in [-0.15, -0.1) is 0 Å². The molecule has 1 amide bonds. The first-order chi connectivity index (χ1) is 12.1. The van der Waals surface area contributed by atoms with E-state index in [4.69, 9.17) is 13.9 Å². The van der Waals surface area contributed by atoms with E-state index in [-0.39, 0.29) is 12.5 Å². The number of carbonyl (C=O) groups is 1. The summed E-state index contributed by atoms with van der Waals surface area (Å²) in [7, 11) is 1.53. The summed E-state index contributed by atoms with van der Waals surface area (Å²) in [5.74, 6) is 0.707. The minimum absolute atomic E-state index is 0.170. The molecule has 0 saturated carbocycles. The number of rotatable bonds is 5. The van der Waals surface area contributed by atoms with Gasteiger partial charge in [0.2, 0.25) is 0 Å². The average molecular weight is 339 g/mol. The highest BCUT2D eigenvalue weighted by atomic mass is 16.5. The first kappa shape index (κ1) is 16.6. The van der Waals surface area contributed by atoms with E-state index in [1.54, 1.807) is 36.4 Å². The molecule has 1 aromatic heterocycles. The zero-order valence-electron chi connectivity index (χ0n) is 13.9. The Morgan fingerprint density at radius 1 is 1.12 bits per heavy atom. The zero-order valence-corrected chi connectivity index (χ0v) is 13.9. The van der Waals surface area contributed by atoms with Crippen LogP contribution in [0.5, 0.6) is 11.5 Å². The Balaban J connectivity index is 1.70. The first-order valence-electron chi connectivity index (χ1n) is 7.67. The van der Waals surface area contributed by atoms with E-state index < -0.39 is 5.63 Å². The highest BCUT2D eigenvalue weighted by molar-refractivity contribution is 5.94. The molecule has 128 valence electrons. The highest BCUT2D eigenvalue weighted by Gasteiger charge is 2.09. The molecule has 0 aliphatic rings. The quantitative estimate of drug-likeness (QED) is 0.723. The second-order valence-corrected chi connectivity index (χ2v) is 5.45. The number of hydrogen-bond donors (Lipinski definition) is 1. The second-order valence-electron chi connectivity index (χ2n) is 5.45. The van der Waals surface area contributed by atoms with Crippen LogP contribution in [0.3, 0.4) is 0 Å². The van der Waals surface area contributed by atoms with Gasteiger partial charge in [-0.05, 0) is 36.8 Å². The third-order valence-electron chi connectivity index (χ3n) is 3.66. The molecule has 25 heavy (non-hydrogen) atoms. The number of nitrogens with one attached hydrogen (secondary N) is 1. The number of benzene rings is 2. The number of anilines is 1. The monoisotopic (exact) mass is 339 g/mol. The number of carbonyl (C=O) groups excluding carboxylic acids is 1. The van der Waals surface area contributed by atoms with Crippen LogP contribution in [0.1, 0.15) is 5.56 Å². The van der Waals surface area contributed by atoms with Gasteiger partial charge in [-0.25, -0.2) is 4.79 Å². The maximum atomic E-state index is 12.1. The molecule has 0 aliphatic carbocycles. The summed E-state index contributed by atoms with van der Waals surface area (Å²) >= 11 is 0. The van der Waals surface area contributed by atoms with Crippen molar-refractivity contribution < 1.29 is 18.7 Å². The molecule has 0 radical (unpaired) electrons. The Morgan fingerprint density at radius 3 is 2.64 bits per heavy atom. The van der Waals surface area contributed by atoms with Crippen LogP contribution in [-0.2, 0) is 4.79 Å². The molecule has 3 aromatic rings. The summed E-state index contributed by atoms with van der Waals surface area (Å²) in [4.78, 5) is 23.6. The van der Waals surface area contributed by atoms with E-state index in [9.17, 15) is 9.59 Å². The van der Waals surface area contributed by atoms with Crippen molar-refractivity contribution in [3.8, 4) is 11.5 Å². The lowest BCUT2D eigenvalue weighted by Crippen LogP contribution is -2.20. The third kappa shape index (κ3) is 3.80. The van der Waals surface area contributed by atoms with E-state index in [1.165, 1.54) is 13.2 Å². The number of aryl methyl sites for hydroxylation is 1. The van der Waals surface area contributed by atoms with Crippen LogP contribution in [0.4, 0.5) is 5.69 Å². The van der Waals surface area contributed by atoms with Gasteiger partial charge < -0.3 is 19.2 Å². The van der Waals surface area contributed by atoms with Gasteiger partial charge in [-0.1, -0.05) is 12.1 Å². The minimum Gasteiger partial charge on any atom is -0.493 e. The van der Waals surface area contributed by atoms with Gasteiger partial charge in [0, 0.05) is 23.2 Å². The van der Waals surface area contributed by atoms with Gasteiger partial charge in [0.15, 0.2) is 18.1 Å². The van der Waals surface area contributed by atoms with E-state index in [2.05, 4.69) is 5.32 Å². The molecule has 3 rings (SSSR count). The van der Waals surface area contributed by atoms with Crippen molar-refractivity contribution in [2.45, 2.75) is 6.92 Å². The van der Waals surface area contributed by atoms with Gasteiger partial charge >= 0.3 is 5.63 Å². The molecule has 0 saturated heterocycles. The Kier molecular flexibility index (Phi) is 4.70. The van der Waals surface area contributed by atoms with Gasteiger partial charge in [0.25, 0.3) is 5.91 Å². The summed E-state index contributed by atoms with van der Waals surface area (Å²) < 4.78 is 15.8. The lowest BCUT2D eigenvalue weighted by atomic mass is 10.1. The first-order valence-corrected chi connectivity index (χ1v) is 7.67. The molecular weight excluding hydrogens is 322 g/mol. The highest BCUT2D eigenvalue weighted by Crippen LogP contribution is 2.26. The van der Waals surface area contributed by atoms with Crippen LogP contribution in [0.25, 0.3) is 11.0 Å². The number of amides is 1. The van der Waals surface area contributed by atoms with Crippen LogP contribution in [0.15, 0.2) is 57.7 Å². The molecule has 6 nitrogen and oxygen atoms in total. The Hall–Kier alpha value is -3.28. The van der Waals surface area contributed by atoms with Crippen molar-refractivity contribution in [1.82, 2.24) is 0 Å². The van der Waals surface area contributed by atoms with Crippen molar-refractivity contribution in [3.05, 3.63) is 64.5 Å². The molecule has 0 fully saturated rings. The lowest BCUT2D eigenvalue weighted by Gasteiger charge is -2.11. The fourth-order valence-corrected chi connectivity index (χ4v) is 2.48. The van der Waals surface area contributed by atoms with Crippen LogP contribution in [0, 0.1) is 6.92 Å². The topological polar surface area (TPSA) is 77.8 Å². The van der Waals surface area contributed by atoms with Crippen molar-refractivity contribution in [3.63, 3.8) is 0 Å². The SMILES string of the molecule is COc1ccccc1OCC(=O)Nc1ccc2c(C)cc(=O)oc2c1. The summed E-state index contributed by atoms with van der Waals surface area (Å²) in [5.41, 5.74) is 1.35. The molecular formula is C19H17NO5. The summed E-state index contributed by atoms with van der Waals surface area (Å²) in [6.07, 6.45) is 0. The Morgan fingerprint density at radius 2 is 1.88 bits per heavy atom. The van der Waals surface area contributed by atoms with Crippen molar-refractivity contribution >= 4 is 22.6 Å². The molecule has 0 spiro atoms. The van der Waals surface area contributed by atoms with Crippen LogP contribution < -0.4 is 20.4 Å². The fraction of sp³-hybridized carbons (Fsp3) is 0.158. The standard InChI is InChI=1S/C19H17NO5/c1-12-9-19(22)25-17-10-13(7-8-14(12)17)20-18(21)11-24-16-6-4-3-5-15(16)23-2/h3-10H,11H2,1-2H3,(H,20,21). The number of hydrogen-bond acceptors (Lipinski definition) is 5. The van der Waals surface area contributed by atoms with E-state index >= 15 is 0 Å². The van der Waals surface area contributed by atoms with Crippen LogP contribution in [0.2, 0.25) is 0 Å². The molecule has 0 aliphatic heterocycles. The maximum Gasteiger partial charge on any atom is 0.336 e. The third-order valence-corrected chi connectivity index (χ3v) is 3.66. The summed E-state index contributed by atoms with van der Waals surface area (Å²) in [6.45, 7) is 1.66. The van der Waals surface area contributed by atoms with Crippen molar-refractivity contribution in [2.75, 3.05) is 19.0 Å². The minimum atomic E-state index is -0.423. The fourth-order valence-electron chi connectivity index (χ4n) is 2.48. The second kappa shape index (κ2) is 7.09. The average Bonchev–Trinajstić information content (AvgIpc) is 2.59. The van der Waals surface area contributed by atoms with Crippen molar-refractivity contribution in [2.24, 2.45) is 0 Å². The van der Waals surface area contributed by atoms with Gasteiger partial charge in [-0.2, -0.15) is 0 Å². The smallest absolute Gasteiger partial charge is 0.336 e. The molecule has 0 bridgehead atoms. The Labute approximate surface area is 144 Å². The molecule has 6 heteroatoms. The summed E-state index contributed by atoms with van der Waals surface area (Å²) in [5, 5.41) is 3.54. The molecule has 1 heterocycles. The predicted octanol–water partition coefficient (Wildman–Crippen LogP) is 3.13. The lowest BCUT2D eigenvalue weighted by molar-refractivity contribution is -0.118. The predicted molar refractivity (Wildman–Crippen MR) is 94.3 cm³/mol. The number of ether oxygens (including phenoxy) is 2. The zero-order chi connectivity index (χ0) is 17.8. The van der Waals surface area contributed by atoms with E-state index in [0.717, 1.165) is 10.9 Å². The Bertz CT molecular complexity index is 977. The van der Waals surface area contributed by atoms with Crippen LogP contribution in [-0.4, -0.2) is 19.6 Å². The molecule has 1 N–H and O–H groups in total. The van der Waals surface area contributed by atoms with Gasteiger partial charge in [-0.3, -0.25) is 4.79 Å². The number of fused-ring (bicyclic) bond motifs is 1. The van der Waals surface area contributed by atoms with Crippen molar-refractivity contribution in [1.29, 1.82) is 0 Å². The molecule has 0 atom stereocenters. The van der Waals surface area contributed by atoms with Crippen LogP contribution >= 0.6 is 0 Å². The van der Waals surface area contributed by atoms with Gasteiger partial charge in [0.05, 0.1) is 7.11 Å². The maximum absolute atomic E-state index is 12.1. The number of methoxy groups -OCH3 is 1. The summed E-state index contributed by atoms with van der Waals surface area (Å²) in [6, 6.07) is 13.7. The normalized spacial score (nSPS) is 10.5. The number of para-hydroxylation sites is 2. The largest absolute Gasteiger partial charge is 0.493 e. The van der Waals surface area contributed by atoms with Gasteiger partial charge in [0.1, 0.15) is 5.58 Å².